The first-order valence-corrected chi connectivity index (χ1v) is 8.11. The van der Waals surface area contributed by atoms with Gasteiger partial charge in [-0.3, -0.25) is 4.79 Å². The summed E-state index contributed by atoms with van der Waals surface area (Å²) in [5.74, 6) is 3.29. The van der Waals surface area contributed by atoms with Crippen LogP contribution < -0.4 is 0 Å². The van der Waals surface area contributed by atoms with Gasteiger partial charge in [-0.25, -0.2) is 0 Å². The number of hydrogen-bond donors (Lipinski definition) is 0. The van der Waals surface area contributed by atoms with Crippen molar-refractivity contribution >= 4 is 5.97 Å². The highest BCUT2D eigenvalue weighted by atomic mass is 16.6. The van der Waals surface area contributed by atoms with Gasteiger partial charge in [0.25, 0.3) is 0 Å². The summed E-state index contributed by atoms with van der Waals surface area (Å²) in [5, 5.41) is 0. The van der Waals surface area contributed by atoms with Gasteiger partial charge in [-0.2, -0.15) is 0 Å². The Labute approximate surface area is 117 Å². The molecular formula is C17H28O2. The largest absolute Gasteiger partial charge is 0.459 e. The molecule has 0 aromatic rings. The molecule has 108 valence electrons. The van der Waals surface area contributed by atoms with Gasteiger partial charge < -0.3 is 4.74 Å². The third kappa shape index (κ3) is 1.94. The summed E-state index contributed by atoms with van der Waals surface area (Å²) in [4.78, 5) is 12.4. The van der Waals surface area contributed by atoms with Crippen LogP contribution in [0.5, 0.6) is 0 Å². The second-order valence-corrected chi connectivity index (χ2v) is 8.00. The van der Waals surface area contributed by atoms with Crippen LogP contribution in [0, 0.1) is 29.1 Å². The molecule has 2 nitrogen and oxygen atoms in total. The summed E-state index contributed by atoms with van der Waals surface area (Å²) in [6, 6.07) is 0. The van der Waals surface area contributed by atoms with E-state index in [2.05, 4.69) is 13.8 Å². The molecule has 3 fully saturated rings. The van der Waals surface area contributed by atoms with Crippen molar-refractivity contribution < 1.29 is 9.53 Å². The summed E-state index contributed by atoms with van der Waals surface area (Å²) in [5.41, 5.74) is -0.500. The first-order chi connectivity index (χ1) is 8.87. The molecule has 0 N–H and O–H groups in total. The molecular weight excluding hydrogens is 236 g/mol. The van der Waals surface area contributed by atoms with Crippen molar-refractivity contribution in [3.05, 3.63) is 0 Å². The van der Waals surface area contributed by atoms with Gasteiger partial charge in [-0.1, -0.05) is 13.3 Å². The number of ether oxygens (including phenoxy) is 1. The third-order valence-corrected chi connectivity index (χ3v) is 6.52. The quantitative estimate of drug-likeness (QED) is 0.715. The Balaban J connectivity index is 1.74. The van der Waals surface area contributed by atoms with E-state index in [9.17, 15) is 4.79 Å². The molecule has 19 heavy (non-hydrogen) atoms. The molecule has 5 atom stereocenters. The van der Waals surface area contributed by atoms with E-state index >= 15 is 0 Å². The van der Waals surface area contributed by atoms with Gasteiger partial charge in [-0.15, -0.1) is 0 Å². The fourth-order valence-corrected chi connectivity index (χ4v) is 5.00. The van der Waals surface area contributed by atoms with Gasteiger partial charge >= 0.3 is 5.97 Å². The maximum absolute atomic E-state index is 12.4. The van der Waals surface area contributed by atoms with Gasteiger partial charge in [0.2, 0.25) is 0 Å². The zero-order valence-corrected chi connectivity index (χ0v) is 12.9. The van der Waals surface area contributed by atoms with E-state index in [4.69, 9.17) is 4.74 Å². The summed E-state index contributed by atoms with van der Waals surface area (Å²) in [7, 11) is 0. The fraction of sp³-hybridized carbons (Fsp3) is 0.941. The fourth-order valence-electron chi connectivity index (χ4n) is 5.00. The van der Waals surface area contributed by atoms with Crippen LogP contribution in [0.25, 0.3) is 0 Å². The van der Waals surface area contributed by atoms with Gasteiger partial charge in [-0.05, 0) is 70.6 Å². The van der Waals surface area contributed by atoms with Gasteiger partial charge in [0.15, 0.2) is 0 Å². The van der Waals surface area contributed by atoms with Crippen molar-refractivity contribution in [1.29, 1.82) is 0 Å². The van der Waals surface area contributed by atoms with E-state index in [1.165, 1.54) is 25.7 Å². The average Bonchev–Trinajstić information content (AvgIpc) is 2.98. The number of rotatable bonds is 3. The minimum Gasteiger partial charge on any atom is -0.459 e. The molecule has 3 saturated carbocycles. The van der Waals surface area contributed by atoms with Crippen molar-refractivity contribution in [3.63, 3.8) is 0 Å². The van der Waals surface area contributed by atoms with Crippen LogP contribution in [-0.2, 0) is 9.53 Å². The Hall–Kier alpha value is -0.530. The number of fused-ring (bicyclic) bond motifs is 5. The maximum atomic E-state index is 12.4. The second-order valence-electron chi connectivity index (χ2n) is 8.00. The molecule has 0 aromatic heterocycles. The maximum Gasteiger partial charge on any atom is 0.312 e. The zero-order chi connectivity index (χ0) is 13.8. The van der Waals surface area contributed by atoms with Gasteiger partial charge in [0, 0.05) is 5.92 Å². The third-order valence-electron chi connectivity index (χ3n) is 6.52. The first-order valence-electron chi connectivity index (χ1n) is 8.11. The molecule has 0 aromatic carbocycles. The van der Waals surface area contributed by atoms with E-state index in [1.807, 2.05) is 13.8 Å². The smallest absolute Gasteiger partial charge is 0.312 e. The van der Waals surface area contributed by atoms with E-state index in [-0.39, 0.29) is 17.0 Å². The van der Waals surface area contributed by atoms with Crippen LogP contribution in [0.3, 0.4) is 0 Å². The second kappa shape index (κ2) is 4.23. The number of carbonyl (C=O) groups is 1. The minimum atomic E-state index is -0.333. The Bertz CT molecular complexity index is 387. The molecule has 0 aliphatic heterocycles. The van der Waals surface area contributed by atoms with E-state index < -0.39 is 0 Å². The zero-order valence-electron chi connectivity index (χ0n) is 12.9. The van der Waals surface area contributed by atoms with Crippen LogP contribution in [-0.4, -0.2) is 11.6 Å². The SMILES string of the molecule is CCC(C)(C)C(=O)O[C@]1(C)C[C@@H]2C[C@H]1C1CCCC12. The summed E-state index contributed by atoms with van der Waals surface area (Å²) in [6.07, 6.45) is 7.47. The topological polar surface area (TPSA) is 26.3 Å². The predicted molar refractivity (Wildman–Crippen MR) is 75.6 cm³/mol. The van der Waals surface area contributed by atoms with Crippen molar-refractivity contribution in [2.75, 3.05) is 0 Å². The molecule has 3 rings (SSSR count). The average molecular weight is 264 g/mol. The lowest BCUT2D eigenvalue weighted by Crippen LogP contribution is -2.45. The molecule has 0 saturated heterocycles. The molecule has 3 aliphatic rings. The molecule has 3 aliphatic carbocycles. The van der Waals surface area contributed by atoms with Gasteiger partial charge in [0.05, 0.1) is 5.41 Å². The van der Waals surface area contributed by atoms with Crippen molar-refractivity contribution in [3.8, 4) is 0 Å². The Morgan fingerprint density at radius 2 is 2.00 bits per heavy atom. The number of hydrogen-bond acceptors (Lipinski definition) is 2. The molecule has 0 radical (unpaired) electrons. The molecule has 2 bridgehead atoms. The number of esters is 1. The lowest BCUT2D eigenvalue weighted by molar-refractivity contribution is -0.177. The molecule has 0 spiro atoms. The highest BCUT2D eigenvalue weighted by molar-refractivity contribution is 5.76. The molecule has 2 unspecified atom stereocenters. The Morgan fingerprint density at radius 1 is 1.32 bits per heavy atom. The lowest BCUT2D eigenvalue weighted by atomic mass is 9.73. The summed E-state index contributed by atoms with van der Waals surface area (Å²) >= 11 is 0. The van der Waals surface area contributed by atoms with E-state index in [0.29, 0.717) is 5.92 Å². The first kappa shape index (κ1) is 13.5. The Kier molecular flexibility index (Phi) is 3.00. The molecule has 2 heteroatoms. The van der Waals surface area contributed by atoms with E-state index in [0.717, 1.165) is 30.6 Å². The minimum absolute atomic E-state index is 0.0135. The van der Waals surface area contributed by atoms with Crippen molar-refractivity contribution in [2.45, 2.75) is 71.8 Å². The Morgan fingerprint density at radius 3 is 2.68 bits per heavy atom. The number of carbonyl (C=O) groups excluding carboxylic acids is 1. The summed E-state index contributed by atoms with van der Waals surface area (Å²) in [6.45, 7) is 8.28. The van der Waals surface area contributed by atoms with Crippen molar-refractivity contribution in [2.24, 2.45) is 29.1 Å². The van der Waals surface area contributed by atoms with Crippen LogP contribution in [0.2, 0.25) is 0 Å². The highest BCUT2D eigenvalue weighted by Crippen LogP contribution is 2.63. The normalized spacial score (nSPS) is 44.4. The van der Waals surface area contributed by atoms with Crippen LogP contribution in [0.1, 0.15) is 66.2 Å². The van der Waals surface area contributed by atoms with Crippen molar-refractivity contribution in [1.82, 2.24) is 0 Å². The highest BCUT2D eigenvalue weighted by Gasteiger charge is 2.61. The van der Waals surface area contributed by atoms with E-state index in [1.54, 1.807) is 0 Å². The van der Waals surface area contributed by atoms with Crippen LogP contribution >= 0.6 is 0 Å². The lowest BCUT2D eigenvalue weighted by Gasteiger charge is -2.41. The monoisotopic (exact) mass is 264 g/mol. The summed E-state index contributed by atoms with van der Waals surface area (Å²) < 4.78 is 6.06. The van der Waals surface area contributed by atoms with Crippen LogP contribution in [0.4, 0.5) is 0 Å². The van der Waals surface area contributed by atoms with Crippen LogP contribution in [0.15, 0.2) is 0 Å². The molecule has 0 heterocycles. The standard InChI is InChI=1S/C17H28O2/c1-5-16(2,3)15(18)19-17(4)10-11-9-14(17)13-8-6-7-12(11)13/h11-14H,5-10H2,1-4H3/t11-,12?,13?,14-,17+/m0/s1. The predicted octanol–water partition coefficient (Wildman–Crippen LogP) is 4.18. The van der Waals surface area contributed by atoms with Gasteiger partial charge in [0.1, 0.15) is 5.60 Å². The molecule has 0 amide bonds.